The lowest BCUT2D eigenvalue weighted by atomic mass is 10.1. The Bertz CT molecular complexity index is 899. The van der Waals surface area contributed by atoms with Gasteiger partial charge in [0.25, 0.3) is 17.5 Å². The summed E-state index contributed by atoms with van der Waals surface area (Å²) in [6.07, 6.45) is 5.60. The van der Waals surface area contributed by atoms with Crippen LogP contribution in [0.25, 0.3) is 6.08 Å². The van der Waals surface area contributed by atoms with Crippen molar-refractivity contribution in [3.05, 3.63) is 81.5 Å². The SMILES string of the molecule is O=C(N/C(=C\c1ccc([N+](=O)[O-])cc1)C(=O)N1CCCCCC1)c1ccccc1. The molecule has 0 unspecified atom stereocenters. The number of hydrogen-bond acceptors (Lipinski definition) is 4. The van der Waals surface area contributed by atoms with Crippen molar-refractivity contribution in [2.75, 3.05) is 13.1 Å². The lowest BCUT2D eigenvalue weighted by Crippen LogP contribution is -2.39. The highest BCUT2D eigenvalue weighted by molar-refractivity contribution is 6.05. The van der Waals surface area contributed by atoms with E-state index in [1.807, 2.05) is 6.07 Å². The number of rotatable bonds is 5. The quantitative estimate of drug-likeness (QED) is 0.475. The first-order chi connectivity index (χ1) is 14.0. The number of nitro benzene ring substituents is 1. The van der Waals surface area contributed by atoms with Crippen molar-refractivity contribution in [2.45, 2.75) is 25.7 Å². The largest absolute Gasteiger partial charge is 0.337 e. The molecular weight excluding hydrogens is 370 g/mol. The van der Waals surface area contributed by atoms with E-state index in [4.69, 9.17) is 0 Å². The van der Waals surface area contributed by atoms with Crippen molar-refractivity contribution in [3.8, 4) is 0 Å². The minimum Gasteiger partial charge on any atom is -0.337 e. The maximum Gasteiger partial charge on any atom is 0.270 e. The maximum absolute atomic E-state index is 13.1. The van der Waals surface area contributed by atoms with Crippen molar-refractivity contribution in [1.29, 1.82) is 0 Å². The van der Waals surface area contributed by atoms with E-state index in [1.54, 1.807) is 47.4 Å². The Balaban J connectivity index is 1.88. The molecule has 1 heterocycles. The summed E-state index contributed by atoms with van der Waals surface area (Å²) >= 11 is 0. The molecule has 2 amide bonds. The van der Waals surface area contributed by atoms with E-state index in [9.17, 15) is 19.7 Å². The van der Waals surface area contributed by atoms with Gasteiger partial charge in [0, 0.05) is 30.8 Å². The van der Waals surface area contributed by atoms with E-state index in [2.05, 4.69) is 5.32 Å². The molecule has 1 N–H and O–H groups in total. The zero-order valence-corrected chi connectivity index (χ0v) is 16.0. The number of benzene rings is 2. The van der Waals surface area contributed by atoms with Crippen LogP contribution in [0.3, 0.4) is 0 Å². The lowest BCUT2D eigenvalue weighted by Gasteiger charge is -2.22. The van der Waals surface area contributed by atoms with Gasteiger partial charge < -0.3 is 10.2 Å². The molecule has 0 atom stereocenters. The molecular formula is C22H23N3O4. The minimum atomic E-state index is -0.478. The molecule has 3 rings (SSSR count). The molecule has 0 saturated carbocycles. The number of likely N-dealkylation sites (tertiary alicyclic amines) is 1. The summed E-state index contributed by atoms with van der Waals surface area (Å²) in [5.41, 5.74) is 1.18. The standard InChI is InChI=1S/C22H23N3O4/c26-21(18-8-4-3-5-9-18)23-20(22(27)24-14-6-1-2-7-15-24)16-17-10-12-19(13-11-17)25(28)29/h3-5,8-13,16H,1-2,6-7,14-15H2,(H,23,26)/b20-16-. The van der Waals surface area contributed by atoms with Crippen LogP contribution in [0, 0.1) is 10.1 Å². The van der Waals surface area contributed by atoms with Crippen molar-refractivity contribution in [2.24, 2.45) is 0 Å². The molecule has 29 heavy (non-hydrogen) atoms. The van der Waals surface area contributed by atoms with Gasteiger partial charge >= 0.3 is 0 Å². The van der Waals surface area contributed by atoms with Gasteiger partial charge in [-0.1, -0.05) is 31.0 Å². The van der Waals surface area contributed by atoms with Crippen LogP contribution in [0.15, 0.2) is 60.3 Å². The number of carbonyl (C=O) groups excluding carboxylic acids is 2. The minimum absolute atomic E-state index is 0.0316. The predicted molar refractivity (Wildman–Crippen MR) is 110 cm³/mol. The second kappa shape index (κ2) is 9.64. The van der Waals surface area contributed by atoms with Crippen LogP contribution in [0.1, 0.15) is 41.6 Å². The Morgan fingerprint density at radius 1 is 0.931 bits per heavy atom. The summed E-state index contributed by atoms with van der Waals surface area (Å²) in [6, 6.07) is 14.5. The summed E-state index contributed by atoms with van der Waals surface area (Å²) in [5.74, 6) is -0.614. The summed E-state index contributed by atoms with van der Waals surface area (Å²) in [6.45, 7) is 1.30. The zero-order chi connectivity index (χ0) is 20.6. The van der Waals surface area contributed by atoms with Crippen molar-refractivity contribution in [3.63, 3.8) is 0 Å². The third-order valence-corrected chi connectivity index (χ3v) is 4.82. The van der Waals surface area contributed by atoms with E-state index < -0.39 is 4.92 Å². The summed E-state index contributed by atoms with van der Waals surface area (Å²) in [5, 5.41) is 13.6. The van der Waals surface area contributed by atoms with Gasteiger partial charge in [-0.25, -0.2) is 0 Å². The van der Waals surface area contributed by atoms with Crippen molar-refractivity contribution in [1.82, 2.24) is 10.2 Å². The Morgan fingerprint density at radius 3 is 2.14 bits per heavy atom. The Kier molecular flexibility index (Phi) is 6.73. The number of carbonyl (C=O) groups is 2. The third-order valence-electron chi connectivity index (χ3n) is 4.82. The van der Waals surface area contributed by atoms with Crippen LogP contribution >= 0.6 is 0 Å². The third kappa shape index (κ3) is 5.51. The maximum atomic E-state index is 13.1. The molecule has 1 aliphatic rings. The van der Waals surface area contributed by atoms with Gasteiger partial charge in [-0.3, -0.25) is 19.7 Å². The number of nitro groups is 1. The average Bonchev–Trinajstić information content (AvgIpc) is 3.03. The average molecular weight is 393 g/mol. The Morgan fingerprint density at radius 2 is 1.55 bits per heavy atom. The van der Waals surface area contributed by atoms with Crippen LogP contribution < -0.4 is 5.32 Å². The molecule has 7 heteroatoms. The molecule has 0 radical (unpaired) electrons. The fourth-order valence-corrected chi connectivity index (χ4v) is 3.24. The highest BCUT2D eigenvalue weighted by Gasteiger charge is 2.22. The number of nitrogens with zero attached hydrogens (tertiary/aromatic N) is 2. The smallest absolute Gasteiger partial charge is 0.270 e. The summed E-state index contributed by atoms with van der Waals surface area (Å²) in [7, 11) is 0. The zero-order valence-electron chi connectivity index (χ0n) is 16.0. The Labute approximate surface area is 169 Å². The molecule has 150 valence electrons. The number of nitrogens with one attached hydrogen (secondary N) is 1. The van der Waals surface area contributed by atoms with Crippen molar-refractivity contribution >= 4 is 23.6 Å². The van der Waals surface area contributed by atoms with E-state index >= 15 is 0 Å². The van der Waals surface area contributed by atoms with Crippen LogP contribution in [-0.4, -0.2) is 34.7 Å². The van der Waals surface area contributed by atoms with Gasteiger partial charge in [-0.15, -0.1) is 0 Å². The molecule has 1 saturated heterocycles. The molecule has 0 aromatic heterocycles. The highest BCUT2D eigenvalue weighted by atomic mass is 16.6. The molecule has 0 bridgehead atoms. The normalized spacial score (nSPS) is 14.8. The van der Waals surface area contributed by atoms with Crippen molar-refractivity contribution < 1.29 is 14.5 Å². The van der Waals surface area contributed by atoms with Gasteiger partial charge in [0.1, 0.15) is 5.70 Å². The van der Waals surface area contributed by atoms with E-state index in [-0.39, 0.29) is 23.2 Å². The first-order valence-corrected chi connectivity index (χ1v) is 9.66. The van der Waals surface area contributed by atoms with E-state index in [0.717, 1.165) is 25.7 Å². The van der Waals surface area contributed by atoms with Gasteiger partial charge in [0.15, 0.2) is 0 Å². The molecule has 1 aliphatic heterocycles. The highest BCUT2D eigenvalue weighted by Crippen LogP contribution is 2.17. The molecule has 2 aromatic rings. The fraction of sp³-hybridized carbons (Fsp3) is 0.273. The molecule has 7 nitrogen and oxygen atoms in total. The second-order valence-electron chi connectivity index (χ2n) is 6.93. The predicted octanol–water partition coefficient (Wildman–Crippen LogP) is 3.77. The first kappa shape index (κ1) is 20.3. The van der Waals surface area contributed by atoms with Crippen LogP contribution in [-0.2, 0) is 4.79 Å². The monoisotopic (exact) mass is 393 g/mol. The second-order valence-corrected chi connectivity index (χ2v) is 6.93. The van der Waals surface area contributed by atoms with Gasteiger partial charge in [-0.05, 0) is 48.7 Å². The van der Waals surface area contributed by atoms with Gasteiger partial charge in [0.2, 0.25) is 0 Å². The van der Waals surface area contributed by atoms with Gasteiger partial charge in [-0.2, -0.15) is 0 Å². The first-order valence-electron chi connectivity index (χ1n) is 9.66. The summed E-state index contributed by atoms with van der Waals surface area (Å²) < 4.78 is 0. The van der Waals surface area contributed by atoms with Gasteiger partial charge in [0.05, 0.1) is 4.92 Å². The number of hydrogen-bond donors (Lipinski definition) is 1. The molecule has 0 aliphatic carbocycles. The number of non-ortho nitro benzene ring substituents is 1. The van der Waals surface area contributed by atoms with E-state index in [0.29, 0.717) is 24.2 Å². The van der Waals surface area contributed by atoms with E-state index in [1.165, 1.54) is 12.1 Å². The summed E-state index contributed by atoms with van der Waals surface area (Å²) in [4.78, 5) is 37.9. The fourth-order valence-electron chi connectivity index (χ4n) is 3.24. The van der Waals surface area contributed by atoms with Crippen LogP contribution in [0.5, 0.6) is 0 Å². The molecule has 1 fully saturated rings. The molecule has 0 spiro atoms. The van der Waals surface area contributed by atoms with Crippen LogP contribution in [0.4, 0.5) is 5.69 Å². The molecule has 2 aromatic carbocycles. The Hall–Kier alpha value is -3.48. The topological polar surface area (TPSA) is 92.5 Å². The number of amides is 2. The lowest BCUT2D eigenvalue weighted by molar-refractivity contribution is -0.384. The van der Waals surface area contributed by atoms with Crippen LogP contribution in [0.2, 0.25) is 0 Å².